The number of hydrogen-bond donors (Lipinski definition) is 5. The molecule has 444 valence electrons. The number of aromatic hydroxyl groups is 2. The zero-order chi connectivity index (χ0) is 61.0. The molecule has 1 aliphatic carbocycles. The number of benzene rings is 7. The van der Waals surface area contributed by atoms with Crippen molar-refractivity contribution in [3.63, 3.8) is 0 Å². The van der Waals surface area contributed by atoms with Gasteiger partial charge in [0.2, 0.25) is 11.8 Å². The lowest BCUT2D eigenvalue weighted by atomic mass is 9.79. The summed E-state index contributed by atoms with van der Waals surface area (Å²) < 4.78 is 22.5. The normalized spacial score (nSPS) is 12.2. The van der Waals surface area contributed by atoms with Crippen LogP contribution in [0.1, 0.15) is 128 Å². The molecule has 0 unspecified atom stereocenters. The molecule has 1 aliphatic rings. The number of carbonyl (C=O) groups excluding carboxylic acids is 4. The van der Waals surface area contributed by atoms with E-state index in [-0.39, 0.29) is 78.5 Å². The maximum absolute atomic E-state index is 13.4. The molecule has 0 saturated carbocycles. The smallest absolute Gasteiger partial charge is 0.343 e. The largest absolute Gasteiger partial charge is 0.507 e. The van der Waals surface area contributed by atoms with Crippen LogP contribution in [0.3, 0.4) is 0 Å². The summed E-state index contributed by atoms with van der Waals surface area (Å²) in [7, 11) is 2.51. The van der Waals surface area contributed by atoms with E-state index < -0.39 is 30.1 Å². The quantitative estimate of drug-likeness (QED) is 0.0207. The van der Waals surface area contributed by atoms with Crippen LogP contribution in [0.25, 0.3) is 22.3 Å². The number of ether oxygens (including phenoxy) is 4. The number of methoxy groups -OCH3 is 2. The summed E-state index contributed by atoms with van der Waals surface area (Å²) in [6, 6.07) is 38.6. The fraction of sp³-hybridized carbons (Fsp3) is 0.333. The highest BCUT2D eigenvalue weighted by Crippen LogP contribution is 2.42. The zero-order valence-electron chi connectivity index (χ0n) is 49.7. The summed E-state index contributed by atoms with van der Waals surface area (Å²) in [6.45, 7) is 14.2. The number of phenols is 2. The number of hydrogen-bond acceptors (Lipinski definition) is 13. The Hall–Kier alpha value is -9.02. The third-order valence-electron chi connectivity index (χ3n) is 15.1. The van der Waals surface area contributed by atoms with Crippen LogP contribution in [-0.2, 0) is 71.7 Å². The van der Waals surface area contributed by atoms with Gasteiger partial charge in [-0.15, -0.1) is 0 Å². The number of para-hydroxylation sites is 2. The first-order valence-corrected chi connectivity index (χ1v) is 28.6. The molecule has 0 saturated heterocycles. The summed E-state index contributed by atoms with van der Waals surface area (Å²) in [6.07, 6.45) is 2.28. The summed E-state index contributed by atoms with van der Waals surface area (Å²) in [5.41, 5.74) is 11.1. The Bertz CT molecular complexity index is 3460. The molecule has 0 heterocycles. The minimum Gasteiger partial charge on any atom is -0.507 e. The van der Waals surface area contributed by atoms with Crippen molar-refractivity contribution in [1.29, 1.82) is 0 Å². The lowest BCUT2D eigenvalue weighted by Crippen LogP contribution is -2.27. The molecule has 0 radical (unpaired) electrons. The number of nitrogens with one attached hydrogen (secondary N) is 3. The van der Waals surface area contributed by atoms with Crippen LogP contribution >= 0.6 is 0 Å². The number of esters is 2. The predicted molar refractivity (Wildman–Crippen MR) is 329 cm³/mol. The Morgan fingerprint density at radius 1 is 0.529 bits per heavy atom. The fourth-order valence-corrected chi connectivity index (χ4v) is 10.4. The third kappa shape index (κ3) is 16.4. The molecule has 16 nitrogen and oxygen atoms in total. The molecule has 16 heteroatoms. The van der Waals surface area contributed by atoms with Gasteiger partial charge in [-0.2, -0.15) is 0 Å². The molecule has 5 N–H and O–H groups in total. The van der Waals surface area contributed by atoms with Gasteiger partial charge in [-0.3, -0.25) is 19.7 Å². The number of phenolic OH excluding ortho intramolecular Hbond substituents is 2. The average molecular weight is 1150 g/mol. The van der Waals surface area contributed by atoms with Crippen molar-refractivity contribution in [2.24, 2.45) is 0 Å². The van der Waals surface area contributed by atoms with E-state index >= 15 is 0 Å². The second-order valence-corrected chi connectivity index (χ2v) is 23.6. The molecule has 0 atom stereocenters. The number of rotatable bonds is 20. The van der Waals surface area contributed by atoms with Crippen molar-refractivity contribution in [3.05, 3.63) is 199 Å². The van der Waals surface area contributed by atoms with Crippen LogP contribution in [0.4, 0.5) is 11.4 Å². The molecule has 0 fully saturated rings. The molecular formula is C69H76N4O12. The highest BCUT2D eigenvalue weighted by atomic mass is 16.6. The van der Waals surface area contributed by atoms with Crippen LogP contribution in [0.2, 0.25) is 0 Å². The second kappa shape index (κ2) is 27.6. The van der Waals surface area contributed by atoms with Crippen LogP contribution in [-0.4, -0.2) is 79.4 Å². The Balaban J connectivity index is 1.03. The van der Waals surface area contributed by atoms with Gasteiger partial charge in [-0.1, -0.05) is 120 Å². The van der Waals surface area contributed by atoms with Crippen molar-refractivity contribution in [3.8, 4) is 45.3 Å². The highest BCUT2D eigenvalue weighted by molar-refractivity contribution is 5.92. The maximum Gasteiger partial charge on any atom is 0.343 e. The average Bonchev–Trinajstić information content (AvgIpc) is 3.66. The van der Waals surface area contributed by atoms with Gasteiger partial charge in [0.15, 0.2) is 13.2 Å². The molecule has 7 aromatic rings. The Kier molecular flexibility index (Phi) is 20.1. The number of amides is 2. The van der Waals surface area contributed by atoms with Crippen LogP contribution in [0, 0.1) is 10.1 Å². The number of nitro groups is 1. The summed E-state index contributed by atoms with van der Waals surface area (Å²) >= 11 is 0. The number of unbranched alkanes of at least 4 members (excludes halogenated alkanes) is 1. The van der Waals surface area contributed by atoms with Crippen molar-refractivity contribution < 1.29 is 53.3 Å². The fourth-order valence-electron chi connectivity index (χ4n) is 10.4. The Morgan fingerprint density at radius 3 is 1.45 bits per heavy atom. The van der Waals surface area contributed by atoms with Crippen LogP contribution in [0.15, 0.2) is 127 Å². The number of nitro benzene ring substituents is 1. The van der Waals surface area contributed by atoms with Gasteiger partial charge in [-0.05, 0) is 150 Å². The minimum atomic E-state index is -0.630. The number of fused-ring (bicyclic) bond motifs is 8. The van der Waals surface area contributed by atoms with Crippen LogP contribution < -0.4 is 25.4 Å². The van der Waals surface area contributed by atoms with Gasteiger partial charge in [0.25, 0.3) is 5.69 Å². The first kappa shape index (κ1) is 62.0. The maximum atomic E-state index is 13.4. The summed E-state index contributed by atoms with van der Waals surface area (Å²) in [5, 5.41) is 46.0. The predicted octanol–water partition coefficient (Wildman–Crippen LogP) is 12.1. The van der Waals surface area contributed by atoms with E-state index in [0.717, 1.165) is 19.5 Å². The van der Waals surface area contributed by atoms with Gasteiger partial charge in [-0.25, -0.2) is 9.59 Å². The van der Waals surface area contributed by atoms with E-state index in [2.05, 4.69) is 75.7 Å². The molecule has 0 spiro atoms. The Morgan fingerprint density at radius 2 is 0.988 bits per heavy atom. The molecule has 0 aliphatic heterocycles. The molecule has 8 bridgehead atoms. The van der Waals surface area contributed by atoms with E-state index in [1.54, 1.807) is 30.3 Å². The number of non-ortho nitro benzene ring substituents is 1. The third-order valence-corrected chi connectivity index (χ3v) is 15.1. The molecule has 0 aromatic heterocycles. The second-order valence-electron chi connectivity index (χ2n) is 23.6. The first-order chi connectivity index (χ1) is 40.6. The molecule has 7 aromatic carbocycles. The van der Waals surface area contributed by atoms with Gasteiger partial charge < -0.3 is 45.1 Å². The highest BCUT2D eigenvalue weighted by Gasteiger charge is 2.25. The molecule has 85 heavy (non-hydrogen) atoms. The Labute approximate surface area is 497 Å². The van der Waals surface area contributed by atoms with Crippen molar-refractivity contribution in [2.75, 3.05) is 45.8 Å². The minimum absolute atomic E-state index is 0.0235. The van der Waals surface area contributed by atoms with E-state index in [1.807, 2.05) is 66.7 Å². The SMILES string of the molecule is COC(=O)COc1c2cccc1Cc1cc(-c3cccc([N+](=O)[O-])c3)cc(c1O)Cc1cccc(c1OCC(=O)OC)Cc1cc(-c3cccc(NC(=O)CCNC(=O)CCCCNCc4cc(C(C)(C)C)cc(C(C)(C)C)c4)c3)cc(c1O)C2. The van der Waals surface area contributed by atoms with Gasteiger partial charge in [0, 0.05) is 69.4 Å². The van der Waals surface area contributed by atoms with Gasteiger partial charge in [0.1, 0.15) is 23.0 Å². The molecule has 8 rings (SSSR count). The summed E-state index contributed by atoms with van der Waals surface area (Å²) in [4.78, 5) is 63.1. The number of carbonyl (C=O) groups is 4. The molecule has 2 amide bonds. The van der Waals surface area contributed by atoms with E-state index in [4.69, 9.17) is 18.9 Å². The summed E-state index contributed by atoms with van der Waals surface area (Å²) in [5.74, 6) is -1.08. The van der Waals surface area contributed by atoms with E-state index in [0.29, 0.717) is 96.8 Å². The number of nitrogens with zero attached hydrogens (tertiary/aromatic N) is 1. The van der Waals surface area contributed by atoms with Gasteiger partial charge in [0.05, 0.1) is 19.1 Å². The monoisotopic (exact) mass is 1150 g/mol. The zero-order valence-corrected chi connectivity index (χ0v) is 49.7. The number of anilines is 1. The van der Waals surface area contributed by atoms with E-state index in [1.165, 1.54) is 43.0 Å². The first-order valence-electron chi connectivity index (χ1n) is 28.6. The topological polar surface area (TPSA) is 225 Å². The van der Waals surface area contributed by atoms with Gasteiger partial charge >= 0.3 is 11.9 Å². The van der Waals surface area contributed by atoms with Crippen molar-refractivity contribution in [1.82, 2.24) is 10.6 Å². The standard InChI is InChI=1S/C69H76N4O12/c1-68(2,3)56-27-43(28-57(39-56)69(4,5)6)40-70-25-10-9-23-60(74)71-26-24-61(75)72-58-21-13-15-44(37-58)50-33-52-29-46-17-11-19-48(66(46)84-41-62(76)82-7)31-54-35-51(45-16-14-22-59(38-45)73(80)81)36-55(65(54)79)32-49-20-12-18-47(30-53(34-50)64(52)78)67(49)85-42-63(77)83-8/h11-22,27-28,33-39,70,78-79H,9-10,23-26,29-32,40-42H2,1-8H3,(H,71,74)(H,72,75). The van der Waals surface area contributed by atoms with Crippen LogP contribution in [0.5, 0.6) is 23.0 Å². The van der Waals surface area contributed by atoms with E-state index in [9.17, 15) is 39.5 Å². The lowest BCUT2D eigenvalue weighted by molar-refractivity contribution is -0.384. The van der Waals surface area contributed by atoms with Crippen molar-refractivity contribution in [2.45, 2.75) is 110 Å². The van der Waals surface area contributed by atoms with Crippen molar-refractivity contribution >= 4 is 35.1 Å². The lowest BCUT2D eigenvalue weighted by Gasteiger charge is -2.26. The molecular weight excluding hydrogens is 1080 g/mol.